The van der Waals surface area contributed by atoms with Gasteiger partial charge in [0.05, 0.1) is 12.7 Å². The van der Waals surface area contributed by atoms with Gasteiger partial charge in [-0.15, -0.1) is 0 Å². The number of hydrogen-bond donors (Lipinski definition) is 0. The molecule has 1 saturated heterocycles. The SMILES string of the molecule is IC[C@H]1C[C@@H](C2CCCC2)CO1. The predicted octanol–water partition coefficient (Wildman–Crippen LogP) is 3.02. The highest BCUT2D eigenvalue weighted by Crippen LogP contribution is 2.37. The van der Waals surface area contributed by atoms with E-state index in [4.69, 9.17) is 4.74 Å². The summed E-state index contributed by atoms with van der Waals surface area (Å²) < 4.78 is 6.90. The van der Waals surface area contributed by atoms with Gasteiger partial charge in [-0.2, -0.15) is 0 Å². The standard InChI is InChI=1S/C10H17IO/c11-6-10-5-9(7-12-10)8-3-1-2-4-8/h8-10H,1-7H2/t9-,10-/m1/s1. The van der Waals surface area contributed by atoms with Crippen LogP contribution in [0, 0.1) is 11.8 Å². The maximum Gasteiger partial charge on any atom is 0.0668 e. The molecule has 0 aromatic heterocycles. The molecule has 0 aromatic rings. The van der Waals surface area contributed by atoms with E-state index in [0.29, 0.717) is 6.10 Å². The minimum absolute atomic E-state index is 0.580. The summed E-state index contributed by atoms with van der Waals surface area (Å²) in [6.45, 7) is 1.05. The lowest BCUT2D eigenvalue weighted by Gasteiger charge is -2.15. The van der Waals surface area contributed by atoms with Crippen LogP contribution in [0.15, 0.2) is 0 Å². The molecule has 0 spiro atoms. The van der Waals surface area contributed by atoms with E-state index >= 15 is 0 Å². The number of alkyl halides is 1. The summed E-state index contributed by atoms with van der Waals surface area (Å²) >= 11 is 2.44. The monoisotopic (exact) mass is 280 g/mol. The van der Waals surface area contributed by atoms with E-state index in [1.807, 2.05) is 0 Å². The van der Waals surface area contributed by atoms with E-state index in [9.17, 15) is 0 Å². The Balaban J connectivity index is 1.81. The molecular formula is C10H17IO. The van der Waals surface area contributed by atoms with Gasteiger partial charge in [0.25, 0.3) is 0 Å². The van der Waals surface area contributed by atoms with Crippen molar-refractivity contribution in [3.8, 4) is 0 Å². The molecule has 0 amide bonds. The molecule has 0 radical (unpaired) electrons. The maximum absolute atomic E-state index is 5.72. The third-order valence-corrected chi connectivity index (χ3v) is 4.33. The second kappa shape index (κ2) is 4.27. The van der Waals surface area contributed by atoms with E-state index in [1.54, 1.807) is 0 Å². The lowest BCUT2D eigenvalue weighted by atomic mass is 9.89. The average Bonchev–Trinajstić information content (AvgIpc) is 2.75. The van der Waals surface area contributed by atoms with Crippen molar-refractivity contribution in [3.05, 3.63) is 0 Å². The molecule has 0 aromatic carbocycles. The van der Waals surface area contributed by atoms with Crippen LogP contribution in [0.25, 0.3) is 0 Å². The first-order valence-electron chi connectivity index (χ1n) is 5.07. The van der Waals surface area contributed by atoms with Gasteiger partial charge in [0, 0.05) is 4.43 Å². The van der Waals surface area contributed by atoms with Crippen LogP contribution in [-0.2, 0) is 4.74 Å². The smallest absolute Gasteiger partial charge is 0.0668 e. The fourth-order valence-electron chi connectivity index (χ4n) is 2.60. The van der Waals surface area contributed by atoms with Gasteiger partial charge >= 0.3 is 0 Å². The van der Waals surface area contributed by atoms with Crippen molar-refractivity contribution in [1.29, 1.82) is 0 Å². The third-order valence-electron chi connectivity index (χ3n) is 3.35. The van der Waals surface area contributed by atoms with Crippen LogP contribution in [0.5, 0.6) is 0 Å². The summed E-state index contributed by atoms with van der Waals surface area (Å²) in [7, 11) is 0. The van der Waals surface area contributed by atoms with Gasteiger partial charge in [-0.25, -0.2) is 0 Å². The third kappa shape index (κ3) is 1.95. The molecule has 70 valence electrons. The summed E-state index contributed by atoms with van der Waals surface area (Å²) in [6, 6.07) is 0. The summed E-state index contributed by atoms with van der Waals surface area (Å²) in [4.78, 5) is 0. The van der Waals surface area contributed by atoms with Gasteiger partial charge in [-0.05, 0) is 18.3 Å². The minimum atomic E-state index is 0.580. The molecule has 2 heteroatoms. The zero-order chi connectivity index (χ0) is 8.39. The molecule has 2 rings (SSSR count). The van der Waals surface area contributed by atoms with Gasteiger partial charge in [0.1, 0.15) is 0 Å². The zero-order valence-electron chi connectivity index (χ0n) is 7.47. The van der Waals surface area contributed by atoms with Gasteiger partial charge < -0.3 is 4.74 Å². The fraction of sp³-hybridized carbons (Fsp3) is 1.00. The van der Waals surface area contributed by atoms with Crippen LogP contribution < -0.4 is 0 Å². The number of ether oxygens (including phenoxy) is 1. The summed E-state index contributed by atoms with van der Waals surface area (Å²) in [5, 5.41) is 0. The highest BCUT2D eigenvalue weighted by molar-refractivity contribution is 14.1. The first-order chi connectivity index (χ1) is 5.90. The van der Waals surface area contributed by atoms with Crippen molar-refractivity contribution < 1.29 is 4.74 Å². The Bertz CT molecular complexity index is 143. The van der Waals surface area contributed by atoms with E-state index < -0.39 is 0 Å². The quantitative estimate of drug-likeness (QED) is 0.558. The van der Waals surface area contributed by atoms with Crippen LogP contribution >= 0.6 is 22.6 Å². The van der Waals surface area contributed by atoms with Crippen molar-refractivity contribution in [2.24, 2.45) is 11.8 Å². The molecule has 0 N–H and O–H groups in total. The van der Waals surface area contributed by atoms with E-state index in [0.717, 1.165) is 18.4 Å². The Hall–Kier alpha value is 0.690. The molecule has 1 aliphatic heterocycles. The Kier molecular flexibility index (Phi) is 3.29. The van der Waals surface area contributed by atoms with Crippen molar-refractivity contribution >= 4 is 22.6 Å². The van der Waals surface area contributed by atoms with Crippen LogP contribution in [0.3, 0.4) is 0 Å². The van der Waals surface area contributed by atoms with Gasteiger partial charge in [-0.3, -0.25) is 0 Å². The summed E-state index contributed by atoms with van der Waals surface area (Å²) in [6.07, 6.45) is 7.81. The highest BCUT2D eigenvalue weighted by atomic mass is 127. The van der Waals surface area contributed by atoms with Crippen molar-refractivity contribution in [2.75, 3.05) is 11.0 Å². The summed E-state index contributed by atoms with van der Waals surface area (Å²) in [5.41, 5.74) is 0. The van der Waals surface area contributed by atoms with Crippen molar-refractivity contribution in [1.82, 2.24) is 0 Å². The number of halogens is 1. The molecule has 1 saturated carbocycles. The maximum atomic E-state index is 5.72. The van der Waals surface area contributed by atoms with E-state index in [-0.39, 0.29) is 0 Å². The van der Waals surface area contributed by atoms with Crippen molar-refractivity contribution in [2.45, 2.75) is 38.2 Å². The lowest BCUT2D eigenvalue weighted by Crippen LogP contribution is -2.11. The molecule has 0 bridgehead atoms. The van der Waals surface area contributed by atoms with Gasteiger partial charge in [-0.1, -0.05) is 48.3 Å². The molecule has 1 heterocycles. The van der Waals surface area contributed by atoms with Gasteiger partial charge in [0.15, 0.2) is 0 Å². The first-order valence-corrected chi connectivity index (χ1v) is 6.60. The topological polar surface area (TPSA) is 9.23 Å². The van der Waals surface area contributed by atoms with Crippen molar-refractivity contribution in [3.63, 3.8) is 0 Å². The fourth-order valence-corrected chi connectivity index (χ4v) is 3.21. The highest BCUT2D eigenvalue weighted by Gasteiger charge is 2.32. The average molecular weight is 280 g/mol. The Morgan fingerprint density at radius 2 is 1.92 bits per heavy atom. The molecule has 2 aliphatic rings. The van der Waals surface area contributed by atoms with Gasteiger partial charge in [0.2, 0.25) is 0 Å². The minimum Gasteiger partial charge on any atom is -0.377 e. The predicted molar refractivity (Wildman–Crippen MR) is 58.7 cm³/mol. The molecule has 12 heavy (non-hydrogen) atoms. The molecule has 2 fully saturated rings. The van der Waals surface area contributed by atoms with E-state index in [1.165, 1.54) is 36.5 Å². The molecule has 1 aliphatic carbocycles. The lowest BCUT2D eigenvalue weighted by molar-refractivity contribution is 0.120. The van der Waals surface area contributed by atoms with Crippen LogP contribution in [0.1, 0.15) is 32.1 Å². The Morgan fingerprint density at radius 3 is 2.50 bits per heavy atom. The second-order valence-electron chi connectivity index (χ2n) is 4.15. The van der Waals surface area contributed by atoms with Crippen LogP contribution in [-0.4, -0.2) is 17.1 Å². The molecule has 0 unspecified atom stereocenters. The van der Waals surface area contributed by atoms with E-state index in [2.05, 4.69) is 22.6 Å². The largest absolute Gasteiger partial charge is 0.377 e. The normalized spacial score (nSPS) is 37.8. The first kappa shape index (κ1) is 9.25. The molecular weight excluding hydrogens is 263 g/mol. The number of hydrogen-bond acceptors (Lipinski definition) is 1. The Morgan fingerprint density at radius 1 is 1.17 bits per heavy atom. The summed E-state index contributed by atoms with van der Waals surface area (Å²) in [5.74, 6) is 1.92. The second-order valence-corrected chi connectivity index (χ2v) is 5.03. The van der Waals surface area contributed by atoms with Crippen LogP contribution in [0.4, 0.5) is 0 Å². The van der Waals surface area contributed by atoms with Crippen LogP contribution in [0.2, 0.25) is 0 Å². The Labute approximate surface area is 88.4 Å². The molecule has 1 nitrogen and oxygen atoms in total. The zero-order valence-corrected chi connectivity index (χ0v) is 9.63. The molecule has 2 atom stereocenters. The number of rotatable bonds is 2.